The Kier molecular flexibility index (Phi) is 8.74. The number of ether oxygens (including phenoxy) is 1. The maximum atomic E-state index is 13.3. The molecule has 0 fully saturated rings. The maximum absolute atomic E-state index is 13.3. The predicted molar refractivity (Wildman–Crippen MR) is 147 cm³/mol. The van der Waals surface area contributed by atoms with Crippen LogP contribution in [0.1, 0.15) is 58.8 Å². The number of carbonyl (C=O) groups is 3. The van der Waals surface area contributed by atoms with Crippen molar-refractivity contribution < 1.29 is 19.1 Å². The van der Waals surface area contributed by atoms with E-state index < -0.39 is 5.97 Å². The first-order valence-electron chi connectivity index (χ1n) is 13.0. The minimum Gasteiger partial charge on any atom is -0.463 e. The van der Waals surface area contributed by atoms with Gasteiger partial charge in [-0.05, 0) is 56.0 Å². The molecule has 0 bridgehead atoms. The van der Waals surface area contributed by atoms with Gasteiger partial charge >= 0.3 is 5.97 Å². The minimum atomic E-state index is -0.403. The number of nitrogens with zero attached hydrogens (tertiary/aromatic N) is 1. The number of benzene rings is 3. The molecular weight excluding hydrogens is 476 g/mol. The van der Waals surface area contributed by atoms with E-state index in [0.717, 1.165) is 28.7 Å². The molecular formula is C32H34N2O4. The Balaban J connectivity index is 1.53. The fourth-order valence-corrected chi connectivity index (χ4v) is 4.82. The summed E-state index contributed by atoms with van der Waals surface area (Å²) in [6, 6.07) is 25.2. The number of carbonyl (C=O) groups excluding carboxylic acids is 3. The summed E-state index contributed by atoms with van der Waals surface area (Å²) in [7, 11) is 0. The van der Waals surface area contributed by atoms with Crippen molar-refractivity contribution in [3.05, 3.63) is 118 Å². The molecule has 1 aliphatic rings. The van der Waals surface area contributed by atoms with E-state index in [4.69, 9.17) is 4.74 Å². The molecule has 1 aliphatic heterocycles. The SMILES string of the molecule is CCOC(=O)C1=C(C)N(Cc2cccc(C(=O)NCCc3ccccc3)c2)C(=O)CC1c1ccc(C)cc1. The third-order valence-electron chi connectivity index (χ3n) is 6.87. The maximum Gasteiger partial charge on any atom is 0.336 e. The summed E-state index contributed by atoms with van der Waals surface area (Å²) in [5, 5.41) is 2.97. The molecule has 0 saturated heterocycles. The second-order valence-electron chi connectivity index (χ2n) is 9.56. The summed E-state index contributed by atoms with van der Waals surface area (Å²) < 4.78 is 5.39. The molecule has 1 unspecified atom stereocenters. The van der Waals surface area contributed by atoms with Gasteiger partial charge in [-0.2, -0.15) is 0 Å². The molecule has 3 aromatic carbocycles. The van der Waals surface area contributed by atoms with Gasteiger partial charge in [-0.3, -0.25) is 9.59 Å². The number of hydrogen-bond donors (Lipinski definition) is 1. The molecule has 3 aromatic rings. The van der Waals surface area contributed by atoms with Gasteiger partial charge in [0.1, 0.15) is 0 Å². The molecule has 2 amide bonds. The van der Waals surface area contributed by atoms with E-state index in [1.165, 1.54) is 0 Å². The fraction of sp³-hybridized carbons (Fsp3) is 0.281. The highest BCUT2D eigenvalue weighted by molar-refractivity contribution is 5.96. The summed E-state index contributed by atoms with van der Waals surface area (Å²) in [4.78, 5) is 40.8. The first-order valence-corrected chi connectivity index (χ1v) is 13.0. The van der Waals surface area contributed by atoms with Crippen LogP contribution in [0.3, 0.4) is 0 Å². The van der Waals surface area contributed by atoms with E-state index in [1.807, 2.05) is 73.7 Å². The quantitative estimate of drug-likeness (QED) is 0.395. The average molecular weight is 511 g/mol. The van der Waals surface area contributed by atoms with Gasteiger partial charge < -0.3 is 15.0 Å². The molecule has 6 heteroatoms. The number of aryl methyl sites for hydroxylation is 1. The highest BCUT2D eigenvalue weighted by atomic mass is 16.5. The highest BCUT2D eigenvalue weighted by Gasteiger charge is 2.36. The van der Waals surface area contributed by atoms with E-state index in [1.54, 1.807) is 30.9 Å². The van der Waals surface area contributed by atoms with Crippen LogP contribution in [0.5, 0.6) is 0 Å². The van der Waals surface area contributed by atoms with Crippen molar-refractivity contribution in [2.45, 2.75) is 46.1 Å². The monoisotopic (exact) mass is 510 g/mol. The second kappa shape index (κ2) is 12.4. The molecule has 0 aliphatic carbocycles. The predicted octanol–water partition coefficient (Wildman–Crippen LogP) is 5.32. The molecule has 6 nitrogen and oxygen atoms in total. The average Bonchev–Trinajstić information content (AvgIpc) is 2.92. The summed E-state index contributed by atoms with van der Waals surface area (Å²) >= 11 is 0. The summed E-state index contributed by atoms with van der Waals surface area (Å²) in [5.41, 5.74) is 5.62. The van der Waals surface area contributed by atoms with E-state index in [9.17, 15) is 14.4 Å². The van der Waals surface area contributed by atoms with Crippen molar-refractivity contribution in [3.8, 4) is 0 Å². The molecule has 196 valence electrons. The number of nitrogens with one attached hydrogen (secondary N) is 1. The molecule has 1 heterocycles. The van der Waals surface area contributed by atoms with Crippen molar-refractivity contribution in [2.75, 3.05) is 13.2 Å². The summed E-state index contributed by atoms with van der Waals surface area (Å²) in [5.74, 6) is -0.995. The smallest absolute Gasteiger partial charge is 0.336 e. The minimum absolute atomic E-state index is 0.0705. The summed E-state index contributed by atoms with van der Waals surface area (Å²) in [6.07, 6.45) is 0.922. The standard InChI is InChI=1S/C32H34N2O4/c1-4-38-32(37)30-23(3)34(29(35)20-28(30)26-15-13-22(2)14-16-26)21-25-11-8-12-27(19-25)31(36)33-18-17-24-9-6-5-7-10-24/h5-16,19,28H,4,17-18,20-21H2,1-3H3,(H,33,36). The lowest BCUT2D eigenvalue weighted by Crippen LogP contribution is -2.38. The molecule has 0 spiro atoms. The van der Waals surface area contributed by atoms with E-state index >= 15 is 0 Å². The van der Waals surface area contributed by atoms with Gasteiger partial charge in [0.15, 0.2) is 0 Å². The normalized spacial score (nSPS) is 15.4. The zero-order chi connectivity index (χ0) is 27.1. The number of esters is 1. The Hall–Kier alpha value is -4.19. The van der Waals surface area contributed by atoms with Gasteiger partial charge in [-0.1, -0.05) is 72.3 Å². The van der Waals surface area contributed by atoms with Crippen molar-refractivity contribution in [2.24, 2.45) is 0 Å². The molecule has 1 N–H and O–H groups in total. The van der Waals surface area contributed by atoms with Gasteiger partial charge in [0, 0.05) is 30.1 Å². The zero-order valence-corrected chi connectivity index (χ0v) is 22.2. The lowest BCUT2D eigenvalue weighted by Gasteiger charge is -2.34. The van der Waals surface area contributed by atoms with E-state index in [0.29, 0.717) is 23.4 Å². The molecule has 0 aromatic heterocycles. The van der Waals surface area contributed by atoms with Crippen LogP contribution in [0.15, 0.2) is 90.1 Å². The first-order chi connectivity index (χ1) is 18.4. The van der Waals surface area contributed by atoms with Crippen LogP contribution in [0, 0.1) is 6.92 Å². The van der Waals surface area contributed by atoms with Gasteiger partial charge in [0.05, 0.1) is 18.7 Å². The van der Waals surface area contributed by atoms with Crippen molar-refractivity contribution in [3.63, 3.8) is 0 Å². The van der Waals surface area contributed by atoms with Gasteiger partial charge in [-0.15, -0.1) is 0 Å². The second-order valence-corrected chi connectivity index (χ2v) is 9.56. The van der Waals surface area contributed by atoms with Crippen LogP contribution in [0.25, 0.3) is 0 Å². The lowest BCUT2D eigenvalue weighted by atomic mass is 9.83. The molecule has 38 heavy (non-hydrogen) atoms. The van der Waals surface area contributed by atoms with Crippen molar-refractivity contribution in [1.82, 2.24) is 10.2 Å². The topological polar surface area (TPSA) is 75.7 Å². The highest BCUT2D eigenvalue weighted by Crippen LogP contribution is 2.37. The number of allylic oxidation sites excluding steroid dienone is 1. The summed E-state index contributed by atoms with van der Waals surface area (Å²) in [6.45, 7) is 6.62. The van der Waals surface area contributed by atoms with Crippen LogP contribution in [0.4, 0.5) is 0 Å². The van der Waals surface area contributed by atoms with Crippen LogP contribution in [-0.4, -0.2) is 35.8 Å². The van der Waals surface area contributed by atoms with Crippen molar-refractivity contribution in [1.29, 1.82) is 0 Å². The van der Waals surface area contributed by atoms with Gasteiger partial charge in [-0.25, -0.2) is 4.79 Å². The third kappa shape index (κ3) is 6.38. The number of amides is 2. The first kappa shape index (κ1) is 26.9. The Labute approximate surface area is 224 Å². The molecule has 0 saturated carbocycles. The Morgan fingerprint density at radius 2 is 1.66 bits per heavy atom. The molecule has 4 rings (SSSR count). The molecule has 0 radical (unpaired) electrons. The number of hydrogen-bond acceptors (Lipinski definition) is 4. The number of rotatable bonds is 9. The van der Waals surface area contributed by atoms with Gasteiger partial charge in [0.2, 0.25) is 5.91 Å². The van der Waals surface area contributed by atoms with Crippen LogP contribution < -0.4 is 5.32 Å². The van der Waals surface area contributed by atoms with E-state index in [2.05, 4.69) is 5.32 Å². The fourth-order valence-electron chi connectivity index (χ4n) is 4.82. The van der Waals surface area contributed by atoms with Gasteiger partial charge in [0.25, 0.3) is 5.91 Å². The Morgan fingerprint density at radius 3 is 2.37 bits per heavy atom. The van der Waals surface area contributed by atoms with Crippen LogP contribution in [0.2, 0.25) is 0 Å². The zero-order valence-electron chi connectivity index (χ0n) is 22.2. The van der Waals surface area contributed by atoms with E-state index in [-0.39, 0.29) is 37.3 Å². The Morgan fingerprint density at radius 1 is 0.947 bits per heavy atom. The largest absolute Gasteiger partial charge is 0.463 e. The Bertz CT molecular complexity index is 1330. The molecule has 1 atom stereocenters. The van der Waals surface area contributed by atoms with Crippen LogP contribution in [-0.2, 0) is 27.3 Å². The lowest BCUT2D eigenvalue weighted by molar-refractivity contribution is -0.140. The third-order valence-corrected chi connectivity index (χ3v) is 6.87. The van der Waals surface area contributed by atoms with Crippen LogP contribution >= 0.6 is 0 Å². The van der Waals surface area contributed by atoms with Crippen molar-refractivity contribution >= 4 is 17.8 Å².